The highest BCUT2D eigenvalue weighted by molar-refractivity contribution is 7.89. The zero-order valence-electron chi connectivity index (χ0n) is 10.2. The molecule has 0 bridgehead atoms. The van der Waals surface area contributed by atoms with Crippen molar-refractivity contribution in [2.45, 2.75) is 24.8 Å². The molecule has 4 nitrogen and oxygen atoms in total. The quantitative estimate of drug-likeness (QED) is 0.823. The van der Waals surface area contributed by atoms with Crippen LogP contribution in [0.4, 0.5) is 8.78 Å². The number of hydrogen-bond acceptors (Lipinski definition) is 3. The maximum atomic E-state index is 12.9. The molecule has 0 radical (unpaired) electrons. The van der Waals surface area contributed by atoms with Crippen molar-refractivity contribution in [3.05, 3.63) is 29.8 Å². The van der Waals surface area contributed by atoms with Gasteiger partial charge in [-0.3, -0.25) is 0 Å². The second kappa shape index (κ2) is 6.21. The number of likely N-dealkylation sites (N-methyl/N-ethyl adjacent to an activating group) is 1. The Hall–Kier alpha value is -1.05. The van der Waals surface area contributed by atoms with E-state index in [9.17, 15) is 17.2 Å². The number of nitrogens with one attached hydrogen (secondary N) is 2. The van der Waals surface area contributed by atoms with E-state index in [1.165, 1.54) is 0 Å². The van der Waals surface area contributed by atoms with Crippen molar-refractivity contribution in [1.82, 2.24) is 10.0 Å². The molecule has 2 N–H and O–H groups in total. The first-order valence-corrected chi connectivity index (χ1v) is 7.02. The summed E-state index contributed by atoms with van der Waals surface area (Å²) in [7, 11) is -3.89. The Labute approximate surface area is 105 Å². The predicted molar refractivity (Wildman–Crippen MR) is 64.7 cm³/mol. The van der Waals surface area contributed by atoms with Crippen molar-refractivity contribution in [3.63, 3.8) is 0 Å². The second-order valence-electron chi connectivity index (χ2n) is 3.92. The molecule has 18 heavy (non-hydrogen) atoms. The van der Waals surface area contributed by atoms with Crippen LogP contribution in [-0.2, 0) is 10.0 Å². The lowest BCUT2D eigenvalue weighted by molar-refractivity contribution is 0.532. The fourth-order valence-electron chi connectivity index (χ4n) is 1.42. The van der Waals surface area contributed by atoms with Crippen LogP contribution in [0.25, 0.3) is 0 Å². The Morgan fingerprint density at radius 3 is 2.28 bits per heavy atom. The standard InChI is InChI=1S/C11H16F2N2O2S/c1-3-14-8(2)7-15-18(16,17)11-5-9(12)4-10(13)6-11/h4-6,8,14-15H,3,7H2,1-2H3/t8-/m1/s1. The highest BCUT2D eigenvalue weighted by atomic mass is 32.2. The van der Waals surface area contributed by atoms with Gasteiger partial charge in [-0.15, -0.1) is 0 Å². The molecular formula is C11H16F2N2O2S. The van der Waals surface area contributed by atoms with Crippen LogP contribution < -0.4 is 10.0 Å². The summed E-state index contributed by atoms with van der Waals surface area (Å²) in [6.07, 6.45) is 0. The SMILES string of the molecule is CCN[C@H](C)CNS(=O)(=O)c1cc(F)cc(F)c1. The minimum absolute atomic E-state index is 0.0665. The van der Waals surface area contributed by atoms with Crippen molar-refractivity contribution in [2.75, 3.05) is 13.1 Å². The van der Waals surface area contributed by atoms with E-state index < -0.39 is 26.6 Å². The summed E-state index contributed by atoms with van der Waals surface area (Å²) >= 11 is 0. The maximum Gasteiger partial charge on any atom is 0.240 e. The fourth-order valence-corrected chi connectivity index (χ4v) is 2.59. The molecule has 7 heteroatoms. The number of sulfonamides is 1. The Balaban J connectivity index is 2.80. The summed E-state index contributed by atoms with van der Waals surface area (Å²) in [5, 5.41) is 3.02. The smallest absolute Gasteiger partial charge is 0.240 e. The molecule has 0 fully saturated rings. The van der Waals surface area contributed by atoms with Crippen molar-refractivity contribution in [2.24, 2.45) is 0 Å². The van der Waals surface area contributed by atoms with Crippen LogP contribution in [0.2, 0.25) is 0 Å². The molecule has 1 aromatic rings. The van der Waals surface area contributed by atoms with Crippen LogP contribution in [0, 0.1) is 11.6 Å². The summed E-state index contributed by atoms with van der Waals surface area (Å²) < 4.78 is 51.7. The molecule has 1 aromatic carbocycles. The first-order chi connectivity index (χ1) is 8.35. The van der Waals surface area contributed by atoms with Crippen LogP contribution in [-0.4, -0.2) is 27.5 Å². The first kappa shape index (κ1) is 15.0. The molecule has 0 spiro atoms. The third-order valence-corrected chi connectivity index (χ3v) is 3.68. The van der Waals surface area contributed by atoms with E-state index in [1.807, 2.05) is 6.92 Å². The molecule has 0 saturated heterocycles. The lowest BCUT2D eigenvalue weighted by Crippen LogP contribution is -2.38. The number of rotatable bonds is 6. The molecule has 0 heterocycles. The molecule has 0 aliphatic rings. The Kier molecular flexibility index (Phi) is 5.18. The van der Waals surface area contributed by atoms with Gasteiger partial charge in [0.2, 0.25) is 10.0 Å². The molecule has 0 amide bonds. The van der Waals surface area contributed by atoms with Crippen LogP contribution in [0.15, 0.2) is 23.1 Å². The van der Waals surface area contributed by atoms with Gasteiger partial charge in [0, 0.05) is 18.7 Å². The average molecular weight is 278 g/mol. The molecule has 0 saturated carbocycles. The third-order valence-electron chi connectivity index (χ3n) is 2.28. The van der Waals surface area contributed by atoms with E-state index >= 15 is 0 Å². The van der Waals surface area contributed by atoms with Crippen LogP contribution in [0.5, 0.6) is 0 Å². The number of benzene rings is 1. The molecule has 0 unspecified atom stereocenters. The highest BCUT2D eigenvalue weighted by Gasteiger charge is 2.17. The van der Waals surface area contributed by atoms with Gasteiger partial charge in [0.05, 0.1) is 4.90 Å². The van der Waals surface area contributed by atoms with Gasteiger partial charge in [-0.05, 0) is 25.6 Å². The van der Waals surface area contributed by atoms with Crippen LogP contribution in [0.1, 0.15) is 13.8 Å². The Bertz CT molecular complexity index is 486. The van der Waals surface area contributed by atoms with Gasteiger partial charge < -0.3 is 5.32 Å². The molecule has 0 aromatic heterocycles. The molecule has 1 rings (SSSR count). The minimum Gasteiger partial charge on any atom is -0.313 e. The van der Waals surface area contributed by atoms with Crippen molar-refractivity contribution in [3.8, 4) is 0 Å². The van der Waals surface area contributed by atoms with Gasteiger partial charge in [-0.2, -0.15) is 0 Å². The Morgan fingerprint density at radius 2 is 1.78 bits per heavy atom. The van der Waals surface area contributed by atoms with Gasteiger partial charge in [0.15, 0.2) is 0 Å². The van der Waals surface area contributed by atoms with Gasteiger partial charge in [0.25, 0.3) is 0 Å². The molecule has 0 aliphatic heterocycles. The zero-order valence-corrected chi connectivity index (χ0v) is 11.0. The summed E-state index contributed by atoms with van der Waals surface area (Å²) in [6, 6.07) is 2.12. The van der Waals surface area contributed by atoms with Crippen molar-refractivity contribution < 1.29 is 17.2 Å². The van der Waals surface area contributed by atoms with E-state index in [2.05, 4.69) is 10.0 Å². The van der Waals surface area contributed by atoms with Crippen molar-refractivity contribution in [1.29, 1.82) is 0 Å². The van der Waals surface area contributed by atoms with E-state index in [4.69, 9.17) is 0 Å². The largest absolute Gasteiger partial charge is 0.313 e. The molecule has 1 atom stereocenters. The van der Waals surface area contributed by atoms with Gasteiger partial charge >= 0.3 is 0 Å². The normalized spacial score (nSPS) is 13.6. The summed E-state index contributed by atoms with van der Waals surface area (Å²) in [4.78, 5) is -0.413. The lowest BCUT2D eigenvalue weighted by atomic mass is 10.3. The second-order valence-corrected chi connectivity index (χ2v) is 5.68. The summed E-state index contributed by atoms with van der Waals surface area (Å²) in [6.45, 7) is 4.55. The number of hydrogen-bond donors (Lipinski definition) is 2. The monoisotopic (exact) mass is 278 g/mol. The van der Waals surface area contributed by atoms with E-state index in [0.29, 0.717) is 12.6 Å². The highest BCUT2D eigenvalue weighted by Crippen LogP contribution is 2.13. The minimum atomic E-state index is -3.89. The third kappa shape index (κ3) is 4.32. The van der Waals surface area contributed by atoms with E-state index in [-0.39, 0.29) is 12.6 Å². The summed E-state index contributed by atoms with van der Waals surface area (Å²) in [5.41, 5.74) is 0. The zero-order chi connectivity index (χ0) is 13.8. The molecule has 102 valence electrons. The van der Waals surface area contributed by atoms with Crippen molar-refractivity contribution >= 4 is 10.0 Å². The fraction of sp³-hybridized carbons (Fsp3) is 0.455. The lowest BCUT2D eigenvalue weighted by Gasteiger charge is -2.13. The van der Waals surface area contributed by atoms with Gasteiger partial charge in [-0.1, -0.05) is 6.92 Å². The van der Waals surface area contributed by atoms with E-state index in [1.54, 1.807) is 6.92 Å². The maximum absolute atomic E-state index is 12.9. The van der Waals surface area contributed by atoms with Crippen LogP contribution >= 0.6 is 0 Å². The first-order valence-electron chi connectivity index (χ1n) is 5.54. The van der Waals surface area contributed by atoms with E-state index in [0.717, 1.165) is 12.1 Å². The van der Waals surface area contributed by atoms with Gasteiger partial charge in [0.1, 0.15) is 11.6 Å². The average Bonchev–Trinajstić information content (AvgIpc) is 2.26. The predicted octanol–water partition coefficient (Wildman–Crippen LogP) is 1.24. The van der Waals surface area contributed by atoms with Gasteiger partial charge in [-0.25, -0.2) is 21.9 Å². The molecular weight excluding hydrogens is 262 g/mol. The number of halogens is 2. The van der Waals surface area contributed by atoms with Crippen LogP contribution in [0.3, 0.4) is 0 Å². The Morgan fingerprint density at radius 1 is 1.22 bits per heavy atom. The molecule has 0 aliphatic carbocycles. The summed E-state index contributed by atoms with van der Waals surface area (Å²) in [5.74, 6) is -1.84. The topological polar surface area (TPSA) is 58.2 Å².